The van der Waals surface area contributed by atoms with E-state index in [2.05, 4.69) is 22.0 Å². The Morgan fingerprint density at radius 2 is 2.22 bits per heavy atom. The number of nitrogen functional groups attached to an aromatic ring is 1. The molecule has 5 N–H and O–H groups in total. The smallest absolute Gasteiger partial charge is 0.328 e. The molecular weight excluding hydrogens is 462 g/mol. The van der Waals surface area contributed by atoms with Gasteiger partial charge in [-0.25, -0.2) is 9.78 Å². The van der Waals surface area contributed by atoms with Crippen LogP contribution in [0.2, 0.25) is 0 Å². The molecule has 2 fully saturated rings. The number of thioether (sulfide) groups is 1. The normalized spacial score (nSPS) is 25.1. The number of aliphatic carboxylic acids is 2. The van der Waals surface area contributed by atoms with Gasteiger partial charge in [0.1, 0.15) is 29.1 Å². The Morgan fingerprint density at radius 3 is 2.81 bits per heavy atom. The molecule has 3 atom stereocenters. The van der Waals surface area contributed by atoms with Crippen molar-refractivity contribution < 1.29 is 34.2 Å². The molecule has 2 aliphatic rings. The number of anilines is 1. The SMILES string of the molecule is C=CC1(C(=O)O)CS[C@@H]2C(NC(=O)C(=NOCC=CC(=O)O)c3csc(N)n3)C(=O)N2C1. The van der Waals surface area contributed by atoms with Crippen LogP contribution in [0.3, 0.4) is 0 Å². The number of β-lactam (4-membered cyclic amide) rings is 1. The molecule has 2 amide bonds. The van der Waals surface area contributed by atoms with Crippen molar-refractivity contribution in [3.63, 3.8) is 0 Å². The van der Waals surface area contributed by atoms with Crippen LogP contribution in [-0.2, 0) is 24.0 Å². The van der Waals surface area contributed by atoms with Crippen LogP contribution in [-0.4, -0.2) is 79.9 Å². The van der Waals surface area contributed by atoms with Crippen LogP contribution in [0.4, 0.5) is 5.13 Å². The summed E-state index contributed by atoms with van der Waals surface area (Å²) in [5.74, 6) is -3.19. The molecule has 0 aliphatic carbocycles. The van der Waals surface area contributed by atoms with Gasteiger partial charge in [0.2, 0.25) is 5.91 Å². The Labute approximate surface area is 189 Å². The maximum absolute atomic E-state index is 12.8. The lowest BCUT2D eigenvalue weighted by atomic mass is 9.87. The van der Waals surface area contributed by atoms with Crippen molar-refractivity contribution in [1.82, 2.24) is 15.2 Å². The number of carbonyl (C=O) groups is 4. The van der Waals surface area contributed by atoms with Crippen molar-refractivity contribution >= 4 is 57.7 Å². The Morgan fingerprint density at radius 1 is 1.47 bits per heavy atom. The molecule has 1 aromatic heterocycles. The zero-order valence-electron chi connectivity index (χ0n) is 16.5. The number of oxime groups is 1. The standard InChI is InChI=1S/C18H19N5O7S2/c1-2-18(16(28)29)7-23-14(27)12(15(23)32-8-18)21-13(26)11(9-6-31-17(19)20-9)22-30-5-3-4-10(24)25/h2-4,6,12,15H,1,5,7-8H2,(H2,19,20)(H,21,26)(H,24,25)(H,28,29)/t12?,15-,18?/m1/s1. The van der Waals surface area contributed by atoms with Gasteiger partial charge in [-0.05, 0) is 6.08 Å². The van der Waals surface area contributed by atoms with E-state index in [0.29, 0.717) is 0 Å². The number of fused-ring (bicyclic) bond motifs is 1. The minimum absolute atomic E-state index is 0.0305. The van der Waals surface area contributed by atoms with Gasteiger partial charge in [0.25, 0.3) is 5.91 Å². The molecular formula is C18H19N5O7S2. The van der Waals surface area contributed by atoms with Crippen LogP contribution in [0, 0.1) is 5.41 Å². The van der Waals surface area contributed by atoms with Crippen LogP contribution in [0.25, 0.3) is 0 Å². The number of nitrogens with two attached hydrogens (primary N) is 1. The van der Waals surface area contributed by atoms with E-state index in [-0.39, 0.29) is 35.4 Å². The van der Waals surface area contributed by atoms with Gasteiger partial charge in [-0.1, -0.05) is 11.2 Å². The van der Waals surface area contributed by atoms with Crippen molar-refractivity contribution in [3.8, 4) is 0 Å². The van der Waals surface area contributed by atoms with Crippen molar-refractivity contribution in [1.29, 1.82) is 0 Å². The summed E-state index contributed by atoms with van der Waals surface area (Å²) in [5.41, 5.74) is 4.27. The van der Waals surface area contributed by atoms with Gasteiger partial charge in [-0.2, -0.15) is 0 Å². The van der Waals surface area contributed by atoms with E-state index in [1.165, 1.54) is 34.2 Å². The van der Waals surface area contributed by atoms with Gasteiger partial charge in [-0.3, -0.25) is 14.4 Å². The molecule has 0 saturated carbocycles. The van der Waals surface area contributed by atoms with Crippen LogP contribution >= 0.6 is 23.1 Å². The molecule has 2 saturated heterocycles. The molecule has 12 nitrogen and oxygen atoms in total. The third-order valence-corrected chi connectivity index (χ3v) is 7.00. The minimum Gasteiger partial charge on any atom is -0.481 e. The van der Waals surface area contributed by atoms with Gasteiger partial charge in [0.05, 0.1) is 0 Å². The molecule has 0 aromatic carbocycles. The van der Waals surface area contributed by atoms with Crippen LogP contribution in [0.15, 0.2) is 35.3 Å². The van der Waals surface area contributed by atoms with Gasteiger partial charge in [-0.15, -0.1) is 29.7 Å². The fraction of sp³-hybridized carbons (Fsp3) is 0.333. The van der Waals surface area contributed by atoms with Crippen LogP contribution in [0.1, 0.15) is 5.69 Å². The molecule has 3 rings (SSSR count). The number of hydrogen-bond donors (Lipinski definition) is 4. The lowest BCUT2D eigenvalue weighted by Gasteiger charge is -2.53. The summed E-state index contributed by atoms with van der Waals surface area (Å²) in [6.07, 6.45) is 3.38. The van der Waals surface area contributed by atoms with Gasteiger partial charge < -0.3 is 31.0 Å². The van der Waals surface area contributed by atoms with Gasteiger partial charge in [0, 0.05) is 23.8 Å². The lowest BCUT2D eigenvalue weighted by Crippen LogP contribution is -2.73. The molecule has 1 aromatic rings. The molecule has 0 bridgehead atoms. The molecule has 32 heavy (non-hydrogen) atoms. The molecule has 170 valence electrons. The number of rotatable bonds is 9. The highest BCUT2D eigenvalue weighted by molar-refractivity contribution is 8.00. The summed E-state index contributed by atoms with van der Waals surface area (Å²) in [6.45, 7) is 3.34. The molecule has 3 heterocycles. The summed E-state index contributed by atoms with van der Waals surface area (Å²) in [4.78, 5) is 57.9. The zero-order valence-corrected chi connectivity index (χ0v) is 18.1. The maximum atomic E-state index is 12.8. The summed E-state index contributed by atoms with van der Waals surface area (Å²) < 4.78 is 0. The predicted molar refractivity (Wildman–Crippen MR) is 116 cm³/mol. The number of nitrogens with zero attached hydrogens (tertiary/aromatic N) is 3. The first-order valence-corrected chi connectivity index (χ1v) is 11.0. The molecule has 2 aliphatic heterocycles. The first-order chi connectivity index (χ1) is 15.2. The van der Waals surface area contributed by atoms with Crippen molar-refractivity contribution in [2.45, 2.75) is 11.4 Å². The molecule has 0 spiro atoms. The van der Waals surface area contributed by atoms with E-state index >= 15 is 0 Å². The second-order valence-corrected chi connectivity index (χ2v) is 8.83. The summed E-state index contributed by atoms with van der Waals surface area (Å²) in [6, 6.07) is -0.878. The number of thiazole rings is 1. The molecule has 0 radical (unpaired) electrons. The third-order valence-electron chi connectivity index (χ3n) is 4.78. The fourth-order valence-corrected chi connectivity index (χ4v) is 5.12. The fourth-order valence-electron chi connectivity index (χ4n) is 3.04. The number of carboxylic acids is 2. The number of carboxylic acid groups (broad SMARTS) is 2. The lowest BCUT2D eigenvalue weighted by molar-refractivity contribution is -0.156. The number of amides is 2. The van der Waals surface area contributed by atoms with E-state index in [1.54, 1.807) is 0 Å². The van der Waals surface area contributed by atoms with E-state index < -0.39 is 40.6 Å². The highest BCUT2D eigenvalue weighted by Crippen LogP contribution is 2.42. The quantitative estimate of drug-likeness (QED) is 0.0915. The maximum Gasteiger partial charge on any atom is 0.328 e. The third kappa shape index (κ3) is 4.60. The zero-order chi connectivity index (χ0) is 23.5. The van der Waals surface area contributed by atoms with E-state index in [9.17, 15) is 24.3 Å². The number of nitrogens with one attached hydrogen (secondary N) is 1. The minimum atomic E-state index is -1.24. The van der Waals surface area contributed by atoms with Gasteiger partial charge >= 0.3 is 11.9 Å². The Hall–Kier alpha value is -3.39. The highest BCUT2D eigenvalue weighted by atomic mass is 32.2. The molecule has 2 unspecified atom stereocenters. The van der Waals surface area contributed by atoms with E-state index in [4.69, 9.17) is 15.7 Å². The largest absolute Gasteiger partial charge is 0.481 e. The Kier molecular flexibility index (Phi) is 6.84. The summed E-state index contributed by atoms with van der Waals surface area (Å²) in [5, 5.41) is 25.6. The predicted octanol–water partition coefficient (Wildman–Crippen LogP) is -0.256. The average Bonchev–Trinajstić information content (AvgIpc) is 3.19. The second kappa shape index (κ2) is 9.40. The second-order valence-electron chi connectivity index (χ2n) is 6.83. The molecule has 14 heteroatoms. The Balaban J connectivity index is 1.70. The van der Waals surface area contributed by atoms with Crippen molar-refractivity contribution in [2.24, 2.45) is 10.6 Å². The van der Waals surface area contributed by atoms with Crippen LogP contribution < -0.4 is 11.1 Å². The number of hydrogen-bond acceptors (Lipinski definition) is 10. The number of aromatic nitrogens is 1. The number of carbonyl (C=O) groups excluding carboxylic acids is 2. The van der Waals surface area contributed by atoms with Crippen LogP contribution in [0.5, 0.6) is 0 Å². The Bertz CT molecular complexity index is 1020. The van der Waals surface area contributed by atoms with E-state index in [0.717, 1.165) is 17.4 Å². The average molecular weight is 482 g/mol. The first-order valence-electron chi connectivity index (χ1n) is 9.09. The van der Waals surface area contributed by atoms with E-state index in [1.807, 2.05) is 0 Å². The van der Waals surface area contributed by atoms with Gasteiger partial charge in [0.15, 0.2) is 10.8 Å². The summed E-state index contributed by atoms with van der Waals surface area (Å²) in [7, 11) is 0. The monoisotopic (exact) mass is 481 g/mol. The topological polar surface area (TPSA) is 185 Å². The van der Waals surface area contributed by atoms with Crippen molar-refractivity contribution in [3.05, 3.63) is 35.9 Å². The summed E-state index contributed by atoms with van der Waals surface area (Å²) >= 11 is 2.31. The first kappa shape index (κ1) is 23.3. The highest BCUT2D eigenvalue weighted by Gasteiger charge is 2.56. The van der Waals surface area contributed by atoms with Crippen molar-refractivity contribution in [2.75, 3.05) is 24.6 Å².